The van der Waals surface area contributed by atoms with Gasteiger partial charge in [0.25, 0.3) is 0 Å². The van der Waals surface area contributed by atoms with Gasteiger partial charge in [0.05, 0.1) is 0 Å². The van der Waals surface area contributed by atoms with Gasteiger partial charge in [0.1, 0.15) is 0 Å². The summed E-state index contributed by atoms with van der Waals surface area (Å²) in [5, 5.41) is 3.43. The first-order valence-corrected chi connectivity index (χ1v) is 9.32. The van der Waals surface area contributed by atoms with Crippen LogP contribution in [0, 0.1) is 0 Å². The molecule has 1 heterocycles. The predicted octanol–water partition coefficient (Wildman–Crippen LogP) is 5.38. The molecule has 1 fully saturated rings. The van der Waals surface area contributed by atoms with Crippen LogP contribution in [0.5, 0.6) is 0 Å². The van der Waals surface area contributed by atoms with E-state index in [1.165, 1.54) is 22.0 Å². The largest absolute Gasteiger partial charge is 0.369 e. The number of hydrogen-bond donors (Lipinski definition) is 0. The summed E-state index contributed by atoms with van der Waals surface area (Å²) in [6, 6.07) is 24.0. The van der Waals surface area contributed by atoms with E-state index in [1.54, 1.807) is 0 Å². The van der Waals surface area contributed by atoms with Gasteiger partial charge in [0.2, 0.25) is 0 Å². The SMILES string of the molecule is CC(c1ccc(Cl)cc1)N1CCN(c2ccc3ccccc3c2)CC1. The van der Waals surface area contributed by atoms with E-state index >= 15 is 0 Å². The van der Waals surface area contributed by atoms with E-state index < -0.39 is 0 Å². The third-order valence-corrected chi connectivity index (χ3v) is 5.56. The summed E-state index contributed by atoms with van der Waals surface area (Å²) in [5.74, 6) is 0. The number of fused-ring (bicyclic) bond motifs is 1. The lowest BCUT2D eigenvalue weighted by atomic mass is 10.1. The molecule has 0 N–H and O–H groups in total. The molecule has 2 nitrogen and oxygen atoms in total. The summed E-state index contributed by atoms with van der Waals surface area (Å²) in [7, 11) is 0. The Morgan fingerprint density at radius 3 is 2.20 bits per heavy atom. The second-order valence-electron chi connectivity index (χ2n) is 6.78. The summed E-state index contributed by atoms with van der Waals surface area (Å²) in [6.45, 7) is 6.58. The van der Waals surface area contributed by atoms with E-state index in [2.05, 4.69) is 71.3 Å². The zero-order valence-corrected chi connectivity index (χ0v) is 15.3. The third kappa shape index (κ3) is 3.51. The van der Waals surface area contributed by atoms with Crippen molar-refractivity contribution in [2.75, 3.05) is 31.1 Å². The Morgan fingerprint density at radius 1 is 0.800 bits per heavy atom. The highest BCUT2D eigenvalue weighted by molar-refractivity contribution is 6.30. The number of rotatable bonds is 3. The first kappa shape index (κ1) is 16.4. The lowest BCUT2D eigenvalue weighted by Gasteiger charge is -2.39. The second-order valence-corrected chi connectivity index (χ2v) is 7.22. The van der Waals surface area contributed by atoms with E-state index in [4.69, 9.17) is 11.6 Å². The summed E-state index contributed by atoms with van der Waals surface area (Å²) < 4.78 is 0. The first-order valence-electron chi connectivity index (χ1n) is 8.94. The lowest BCUT2D eigenvalue weighted by molar-refractivity contribution is 0.198. The molecule has 1 aliphatic heterocycles. The zero-order chi connectivity index (χ0) is 17.2. The van der Waals surface area contributed by atoms with Crippen molar-refractivity contribution in [3.05, 3.63) is 77.3 Å². The Labute approximate surface area is 154 Å². The third-order valence-electron chi connectivity index (χ3n) is 5.31. The summed E-state index contributed by atoms with van der Waals surface area (Å²) in [5.41, 5.74) is 2.67. The molecule has 3 heteroatoms. The van der Waals surface area contributed by atoms with Crippen LogP contribution in [0.2, 0.25) is 5.02 Å². The number of anilines is 1. The molecule has 0 saturated carbocycles. The number of piperazine rings is 1. The molecule has 1 atom stereocenters. The van der Waals surface area contributed by atoms with Crippen molar-refractivity contribution in [1.82, 2.24) is 4.90 Å². The fraction of sp³-hybridized carbons (Fsp3) is 0.273. The van der Waals surface area contributed by atoms with E-state index in [0.29, 0.717) is 6.04 Å². The minimum Gasteiger partial charge on any atom is -0.369 e. The van der Waals surface area contributed by atoms with Gasteiger partial charge in [-0.05, 0) is 47.5 Å². The van der Waals surface area contributed by atoms with Gasteiger partial charge in [-0.15, -0.1) is 0 Å². The molecule has 25 heavy (non-hydrogen) atoms. The average molecular weight is 351 g/mol. The topological polar surface area (TPSA) is 6.48 Å². The smallest absolute Gasteiger partial charge is 0.0406 e. The van der Waals surface area contributed by atoms with Crippen LogP contribution in [-0.2, 0) is 0 Å². The van der Waals surface area contributed by atoms with Crippen LogP contribution >= 0.6 is 11.6 Å². The predicted molar refractivity (Wildman–Crippen MR) is 108 cm³/mol. The number of benzene rings is 3. The van der Waals surface area contributed by atoms with Crippen molar-refractivity contribution in [2.24, 2.45) is 0 Å². The average Bonchev–Trinajstić information content (AvgIpc) is 2.68. The van der Waals surface area contributed by atoms with Crippen molar-refractivity contribution >= 4 is 28.1 Å². The normalized spacial score (nSPS) is 17.0. The van der Waals surface area contributed by atoms with Crippen LogP contribution in [0.25, 0.3) is 10.8 Å². The van der Waals surface area contributed by atoms with Gasteiger partial charge >= 0.3 is 0 Å². The molecule has 1 saturated heterocycles. The van der Waals surface area contributed by atoms with E-state index in [0.717, 1.165) is 31.2 Å². The van der Waals surface area contributed by atoms with Gasteiger partial charge in [0, 0.05) is 42.9 Å². The van der Waals surface area contributed by atoms with Gasteiger partial charge in [-0.2, -0.15) is 0 Å². The molecular weight excluding hydrogens is 328 g/mol. The molecule has 3 aromatic carbocycles. The van der Waals surface area contributed by atoms with Crippen molar-refractivity contribution in [1.29, 1.82) is 0 Å². The van der Waals surface area contributed by atoms with Gasteiger partial charge < -0.3 is 4.90 Å². The Balaban J connectivity index is 1.44. The maximum atomic E-state index is 6.01. The second kappa shape index (κ2) is 7.07. The maximum absolute atomic E-state index is 6.01. The van der Waals surface area contributed by atoms with Crippen LogP contribution in [0.1, 0.15) is 18.5 Å². The fourth-order valence-corrected chi connectivity index (χ4v) is 3.82. The molecule has 0 aliphatic carbocycles. The highest BCUT2D eigenvalue weighted by Crippen LogP contribution is 2.26. The quantitative estimate of drug-likeness (QED) is 0.626. The Hall–Kier alpha value is -2.03. The van der Waals surface area contributed by atoms with Crippen molar-refractivity contribution in [3.63, 3.8) is 0 Å². The van der Waals surface area contributed by atoms with Crippen LogP contribution in [0.4, 0.5) is 5.69 Å². The molecule has 1 unspecified atom stereocenters. The van der Waals surface area contributed by atoms with Gasteiger partial charge in [0.15, 0.2) is 0 Å². The summed E-state index contributed by atoms with van der Waals surface area (Å²) in [6.07, 6.45) is 0. The van der Waals surface area contributed by atoms with Crippen molar-refractivity contribution in [3.8, 4) is 0 Å². The zero-order valence-electron chi connectivity index (χ0n) is 14.5. The minimum atomic E-state index is 0.427. The molecule has 0 spiro atoms. The molecule has 3 aromatic rings. The fourth-order valence-electron chi connectivity index (χ4n) is 3.69. The molecular formula is C22H23ClN2. The van der Waals surface area contributed by atoms with Crippen molar-refractivity contribution in [2.45, 2.75) is 13.0 Å². The van der Waals surface area contributed by atoms with E-state index in [-0.39, 0.29) is 0 Å². The van der Waals surface area contributed by atoms with Crippen LogP contribution < -0.4 is 4.90 Å². The molecule has 128 valence electrons. The van der Waals surface area contributed by atoms with E-state index in [9.17, 15) is 0 Å². The van der Waals surface area contributed by atoms with Crippen LogP contribution in [-0.4, -0.2) is 31.1 Å². The summed E-state index contributed by atoms with van der Waals surface area (Å²) in [4.78, 5) is 5.05. The van der Waals surface area contributed by atoms with Gasteiger partial charge in [-0.25, -0.2) is 0 Å². The number of nitrogens with zero attached hydrogens (tertiary/aromatic N) is 2. The highest BCUT2D eigenvalue weighted by atomic mass is 35.5. The highest BCUT2D eigenvalue weighted by Gasteiger charge is 2.22. The molecule has 0 amide bonds. The Morgan fingerprint density at radius 2 is 1.48 bits per heavy atom. The van der Waals surface area contributed by atoms with Crippen LogP contribution in [0.3, 0.4) is 0 Å². The lowest BCUT2D eigenvalue weighted by Crippen LogP contribution is -2.47. The first-order chi connectivity index (χ1) is 12.2. The molecule has 4 rings (SSSR count). The Bertz CT molecular complexity index is 851. The van der Waals surface area contributed by atoms with E-state index in [1.807, 2.05) is 12.1 Å². The monoisotopic (exact) mass is 350 g/mol. The molecule has 0 radical (unpaired) electrons. The molecule has 0 aromatic heterocycles. The number of hydrogen-bond acceptors (Lipinski definition) is 2. The Kier molecular flexibility index (Phi) is 4.65. The molecule has 1 aliphatic rings. The molecule has 0 bridgehead atoms. The van der Waals surface area contributed by atoms with Gasteiger partial charge in [-0.1, -0.05) is 54.1 Å². The van der Waals surface area contributed by atoms with Gasteiger partial charge in [-0.3, -0.25) is 4.90 Å². The van der Waals surface area contributed by atoms with Crippen LogP contribution in [0.15, 0.2) is 66.7 Å². The van der Waals surface area contributed by atoms with Crippen molar-refractivity contribution < 1.29 is 0 Å². The number of halogens is 1. The summed E-state index contributed by atoms with van der Waals surface area (Å²) >= 11 is 6.01. The standard InChI is InChI=1S/C22H23ClN2/c1-17(18-6-9-21(23)10-7-18)24-12-14-25(15-13-24)22-11-8-19-4-2-3-5-20(19)16-22/h2-11,16-17H,12-15H2,1H3. The minimum absolute atomic E-state index is 0.427. The maximum Gasteiger partial charge on any atom is 0.0406 e.